The average molecular weight is 237 g/mol. The number of morpholine rings is 1. The SMILES string of the molecule is CC1=CC2COCCN2c2cc(Cl)cnc21. The van der Waals surface area contributed by atoms with E-state index in [0.29, 0.717) is 11.1 Å². The highest BCUT2D eigenvalue weighted by Gasteiger charge is 2.28. The second-order valence-corrected chi connectivity index (χ2v) is 4.64. The van der Waals surface area contributed by atoms with Gasteiger partial charge < -0.3 is 9.64 Å². The first kappa shape index (κ1) is 10.1. The van der Waals surface area contributed by atoms with Crippen LogP contribution in [0.5, 0.6) is 0 Å². The summed E-state index contributed by atoms with van der Waals surface area (Å²) in [6.45, 7) is 4.52. The van der Waals surface area contributed by atoms with Crippen molar-refractivity contribution in [3.05, 3.63) is 29.1 Å². The van der Waals surface area contributed by atoms with Crippen LogP contribution in [-0.2, 0) is 4.74 Å². The summed E-state index contributed by atoms with van der Waals surface area (Å²) in [5.74, 6) is 0. The molecule has 0 saturated carbocycles. The Morgan fingerprint density at radius 1 is 1.56 bits per heavy atom. The molecule has 0 aliphatic carbocycles. The summed E-state index contributed by atoms with van der Waals surface area (Å²) >= 11 is 6.02. The van der Waals surface area contributed by atoms with E-state index in [2.05, 4.69) is 22.9 Å². The molecule has 1 fully saturated rings. The quantitative estimate of drug-likeness (QED) is 0.692. The van der Waals surface area contributed by atoms with Crippen LogP contribution in [0.25, 0.3) is 5.57 Å². The lowest BCUT2D eigenvalue weighted by Gasteiger charge is -2.39. The monoisotopic (exact) mass is 236 g/mol. The van der Waals surface area contributed by atoms with Gasteiger partial charge in [0.2, 0.25) is 0 Å². The fourth-order valence-electron chi connectivity index (χ4n) is 2.38. The topological polar surface area (TPSA) is 25.4 Å². The first-order valence-electron chi connectivity index (χ1n) is 5.44. The molecule has 0 amide bonds. The van der Waals surface area contributed by atoms with Gasteiger partial charge in [0.15, 0.2) is 0 Å². The Labute approximate surface area is 99.7 Å². The first-order chi connectivity index (χ1) is 7.75. The Balaban J connectivity index is 2.12. The lowest BCUT2D eigenvalue weighted by Crippen LogP contribution is -2.46. The number of ether oxygens (including phenoxy) is 1. The number of allylic oxidation sites excluding steroid dienone is 1. The second-order valence-electron chi connectivity index (χ2n) is 4.21. The maximum Gasteiger partial charge on any atom is 0.0891 e. The standard InChI is InChI=1S/C12H13ClN2O/c1-8-4-10-7-16-3-2-15(10)11-5-9(13)6-14-12(8)11/h4-6,10H,2-3,7H2,1H3. The molecule has 3 rings (SSSR count). The largest absolute Gasteiger partial charge is 0.377 e. The molecule has 1 aromatic heterocycles. The van der Waals surface area contributed by atoms with Gasteiger partial charge in [-0.15, -0.1) is 0 Å². The Morgan fingerprint density at radius 3 is 3.31 bits per heavy atom. The van der Waals surface area contributed by atoms with Crippen LogP contribution in [0.3, 0.4) is 0 Å². The summed E-state index contributed by atoms with van der Waals surface area (Å²) in [5.41, 5.74) is 3.39. The van der Waals surface area contributed by atoms with Crippen molar-refractivity contribution in [2.24, 2.45) is 0 Å². The van der Waals surface area contributed by atoms with Gasteiger partial charge >= 0.3 is 0 Å². The van der Waals surface area contributed by atoms with Gasteiger partial charge in [0, 0.05) is 12.7 Å². The molecule has 4 heteroatoms. The number of aromatic nitrogens is 1. The van der Waals surface area contributed by atoms with Gasteiger partial charge in [-0.2, -0.15) is 0 Å². The zero-order valence-electron chi connectivity index (χ0n) is 9.11. The Kier molecular flexibility index (Phi) is 2.37. The molecule has 3 heterocycles. The predicted molar refractivity (Wildman–Crippen MR) is 64.9 cm³/mol. The normalized spacial score (nSPS) is 23.5. The zero-order valence-corrected chi connectivity index (χ0v) is 9.87. The summed E-state index contributed by atoms with van der Waals surface area (Å²) in [6, 6.07) is 2.33. The number of rotatable bonds is 0. The van der Waals surface area contributed by atoms with Crippen molar-refractivity contribution in [2.45, 2.75) is 13.0 Å². The molecule has 1 unspecified atom stereocenters. The van der Waals surface area contributed by atoms with Gasteiger partial charge in [0.25, 0.3) is 0 Å². The average Bonchev–Trinajstić information content (AvgIpc) is 2.29. The summed E-state index contributed by atoms with van der Waals surface area (Å²) in [7, 11) is 0. The van der Waals surface area contributed by atoms with Crippen LogP contribution in [0.2, 0.25) is 5.02 Å². The molecule has 3 nitrogen and oxygen atoms in total. The maximum atomic E-state index is 6.02. The summed E-state index contributed by atoms with van der Waals surface area (Å²) < 4.78 is 5.49. The number of hydrogen-bond acceptors (Lipinski definition) is 3. The van der Waals surface area contributed by atoms with Gasteiger partial charge in [-0.3, -0.25) is 4.98 Å². The molecule has 1 aromatic rings. The minimum absolute atomic E-state index is 0.335. The first-order valence-corrected chi connectivity index (χ1v) is 5.82. The van der Waals surface area contributed by atoms with Crippen molar-refractivity contribution in [2.75, 3.05) is 24.7 Å². The van der Waals surface area contributed by atoms with Gasteiger partial charge in [0.05, 0.1) is 35.7 Å². The van der Waals surface area contributed by atoms with Crippen LogP contribution in [0, 0.1) is 0 Å². The van der Waals surface area contributed by atoms with Crippen LogP contribution < -0.4 is 4.90 Å². The minimum atomic E-state index is 0.335. The highest BCUT2D eigenvalue weighted by atomic mass is 35.5. The smallest absolute Gasteiger partial charge is 0.0891 e. The molecule has 0 aromatic carbocycles. The van der Waals surface area contributed by atoms with E-state index in [1.807, 2.05) is 6.07 Å². The highest BCUT2D eigenvalue weighted by molar-refractivity contribution is 6.30. The van der Waals surface area contributed by atoms with Crippen LogP contribution in [0.4, 0.5) is 5.69 Å². The van der Waals surface area contributed by atoms with E-state index in [-0.39, 0.29) is 0 Å². The van der Waals surface area contributed by atoms with E-state index >= 15 is 0 Å². The highest BCUT2D eigenvalue weighted by Crippen LogP contribution is 2.35. The van der Waals surface area contributed by atoms with Crippen LogP contribution in [0.15, 0.2) is 18.3 Å². The molecule has 1 saturated heterocycles. The van der Waals surface area contributed by atoms with Gasteiger partial charge in [0.1, 0.15) is 0 Å². The number of nitrogens with zero attached hydrogens (tertiary/aromatic N) is 2. The van der Waals surface area contributed by atoms with Gasteiger partial charge in [-0.25, -0.2) is 0 Å². The molecule has 0 spiro atoms. The van der Waals surface area contributed by atoms with Crippen molar-refractivity contribution in [1.29, 1.82) is 0 Å². The summed E-state index contributed by atoms with van der Waals surface area (Å²) in [5, 5.41) is 0.693. The number of pyridine rings is 1. The zero-order chi connectivity index (χ0) is 11.1. The molecular formula is C12H13ClN2O. The third kappa shape index (κ3) is 1.51. The van der Waals surface area contributed by atoms with E-state index in [9.17, 15) is 0 Å². The molecule has 16 heavy (non-hydrogen) atoms. The fraction of sp³-hybridized carbons (Fsp3) is 0.417. The van der Waals surface area contributed by atoms with Crippen LogP contribution in [-0.4, -0.2) is 30.8 Å². The third-order valence-corrected chi connectivity index (χ3v) is 3.33. The van der Waals surface area contributed by atoms with Crippen molar-refractivity contribution in [1.82, 2.24) is 4.98 Å². The predicted octanol–water partition coefficient (Wildman–Crippen LogP) is 2.36. The van der Waals surface area contributed by atoms with Crippen LogP contribution in [0.1, 0.15) is 12.6 Å². The number of anilines is 1. The van der Waals surface area contributed by atoms with E-state index in [4.69, 9.17) is 16.3 Å². The molecule has 84 valence electrons. The Bertz CT molecular complexity index is 458. The lowest BCUT2D eigenvalue weighted by molar-refractivity contribution is 0.105. The van der Waals surface area contributed by atoms with Crippen molar-refractivity contribution < 1.29 is 4.74 Å². The summed E-state index contributed by atoms with van der Waals surface area (Å²) in [4.78, 5) is 6.73. The fourth-order valence-corrected chi connectivity index (χ4v) is 2.53. The number of fused-ring (bicyclic) bond motifs is 3. The molecular weight excluding hydrogens is 224 g/mol. The van der Waals surface area contributed by atoms with Crippen molar-refractivity contribution >= 4 is 22.9 Å². The van der Waals surface area contributed by atoms with Crippen molar-refractivity contribution in [3.8, 4) is 0 Å². The molecule has 1 atom stereocenters. The van der Waals surface area contributed by atoms with Gasteiger partial charge in [-0.05, 0) is 18.6 Å². The molecule has 0 bridgehead atoms. The van der Waals surface area contributed by atoms with E-state index in [0.717, 1.165) is 31.1 Å². The van der Waals surface area contributed by atoms with E-state index in [1.54, 1.807) is 6.20 Å². The third-order valence-electron chi connectivity index (χ3n) is 3.13. The van der Waals surface area contributed by atoms with Gasteiger partial charge in [-0.1, -0.05) is 17.7 Å². The molecule has 2 aliphatic heterocycles. The Morgan fingerprint density at radius 2 is 2.44 bits per heavy atom. The maximum absolute atomic E-state index is 6.02. The minimum Gasteiger partial charge on any atom is -0.377 e. The molecule has 0 radical (unpaired) electrons. The second kappa shape index (κ2) is 3.75. The Hall–Kier alpha value is -1.06. The van der Waals surface area contributed by atoms with E-state index < -0.39 is 0 Å². The lowest BCUT2D eigenvalue weighted by atomic mass is 10.0. The number of halogens is 1. The van der Waals surface area contributed by atoms with Crippen LogP contribution >= 0.6 is 11.6 Å². The van der Waals surface area contributed by atoms with Crippen molar-refractivity contribution in [3.63, 3.8) is 0 Å². The van der Waals surface area contributed by atoms with E-state index in [1.165, 1.54) is 5.57 Å². The number of hydrogen-bond donors (Lipinski definition) is 0. The molecule has 0 N–H and O–H groups in total. The summed E-state index contributed by atoms with van der Waals surface area (Å²) in [6.07, 6.45) is 3.93. The molecule has 2 aliphatic rings.